The summed E-state index contributed by atoms with van der Waals surface area (Å²) in [5, 5.41) is 6.85. The van der Waals surface area contributed by atoms with Crippen LogP contribution in [0.15, 0.2) is 53.9 Å². The Hall–Kier alpha value is -2.40. The summed E-state index contributed by atoms with van der Waals surface area (Å²) < 4.78 is 0. The van der Waals surface area contributed by atoms with Crippen LogP contribution in [0.5, 0.6) is 0 Å². The van der Waals surface area contributed by atoms with E-state index in [9.17, 15) is 4.79 Å². The SMILES string of the molecule is O=C(NCc1ccc(CC2(Cl)C=NNC2)cc1)c1cccnc1. The van der Waals surface area contributed by atoms with E-state index in [0.717, 1.165) is 11.1 Å². The second kappa shape index (κ2) is 6.79. The van der Waals surface area contributed by atoms with Gasteiger partial charge >= 0.3 is 0 Å². The Bertz CT molecular complexity index is 702. The van der Waals surface area contributed by atoms with Crippen molar-refractivity contribution in [2.75, 3.05) is 6.54 Å². The number of nitrogens with zero attached hydrogens (tertiary/aromatic N) is 2. The van der Waals surface area contributed by atoms with Crippen molar-refractivity contribution in [2.24, 2.45) is 5.10 Å². The van der Waals surface area contributed by atoms with Crippen LogP contribution in [-0.2, 0) is 13.0 Å². The lowest BCUT2D eigenvalue weighted by Crippen LogP contribution is -2.30. The van der Waals surface area contributed by atoms with Gasteiger partial charge in [-0.1, -0.05) is 24.3 Å². The minimum absolute atomic E-state index is 0.130. The molecule has 6 heteroatoms. The Morgan fingerprint density at radius 1 is 1.26 bits per heavy atom. The van der Waals surface area contributed by atoms with Crippen molar-refractivity contribution in [3.8, 4) is 0 Å². The Morgan fingerprint density at radius 2 is 2.04 bits per heavy atom. The molecule has 1 aromatic heterocycles. The molecule has 0 aliphatic carbocycles. The number of carbonyl (C=O) groups excluding carboxylic acids is 1. The van der Waals surface area contributed by atoms with E-state index < -0.39 is 4.87 Å². The number of pyridine rings is 1. The number of benzene rings is 1. The molecule has 1 atom stereocenters. The Kier molecular flexibility index (Phi) is 4.57. The molecule has 0 spiro atoms. The molecule has 0 bridgehead atoms. The Balaban J connectivity index is 1.55. The molecule has 1 amide bonds. The third kappa shape index (κ3) is 4.07. The third-order valence-electron chi connectivity index (χ3n) is 3.66. The molecule has 2 heterocycles. The van der Waals surface area contributed by atoms with Crippen LogP contribution in [0.2, 0.25) is 0 Å². The van der Waals surface area contributed by atoms with E-state index >= 15 is 0 Å². The molecule has 1 aliphatic heterocycles. The zero-order valence-electron chi connectivity index (χ0n) is 12.5. The van der Waals surface area contributed by atoms with Gasteiger partial charge in [-0.2, -0.15) is 5.10 Å². The number of hydrogen-bond acceptors (Lipinski definition) is 4. The summed E-state index contributed by atoms with van der Waals surface area (Å²) in [4.78, 5) is 15.5. The fourth-order valence-electron chi connectivity index (χ4n) is 2.39. The van der Waals surface area contributed by atoms with E-state index in [4.69, 9.17) is 11.6 Å². The second-order valence-corrected chi connectivity index (χ2v) is 6.30. The molecule has 0 saturated heterocycles. The predicted molar refractivity (Wildman–Crippen MR) is 90.6 cm³/mol. The summed E-state index contributed by atoms with van der Waals surface area (Å²) in [5.74, 6) is -0.130. The largest absolute Gasteiger partial charge is 0.348 e. The van der Waals surface area contributed by atoms with E-state index in [1.54, 1.807) is 30.7 Å². The molecule has 2 N–H and O–H groups in total. The van der Waals surface area contributed by atoms with E-state index in [2.05, 4.69) is 20.8 Å². The van der Waals surface area contributed by atoms with E-state index in [1.165, 1.54) is 0 Å². The number of halogens is 1. The van der Waals surface area contributed by atoms with Crippen LogP contribution >= 0.6 is 11.6 Å². The lowest BCUT2D eigenvalue weighted by molar-refractivity contribution is 0.0950. The fourth-order valence-corrected chi connectivity index (χ4v) is 2.65. The van der Waals surface area contributed by atoms with Gasteiger partial charge in [0.1, 0.15) is 4.87 Å². The van der Waals surface area contributed by atoms with Crippen molar-refractivity contribution in [3.05, 3.63) is 65.5 Å². The standard InChI is InChI=1S/C17H17ClN4O/c18-17(11-21-22-12-17)8-13-3-5-14(6-4-13)9-20-16(23)15-2-1-7-19-10-15/h1-7,10-11,22H,8-9,12H2,(H,20,23). The van der Waals surface area contributed by atoms with Gasteiger partial charge in [-0.3, -0.25) is 9.78 Å². The van der Waals surface area contributed by atoms with Crippen LogP contribution in [0.3, 0.4) is 0 Å². The van der Waals surface area contributed by atoms with Gasteiger partial charge in [-0.25, -0.2) is 0 Å². The van der Waals surface area contributed by atoms with E-state index in [-0.39, 0.29) is 5.91 Å². The molecule has 118 valence electrons. The highest BCUT2D eigenvalue weighted by molar-refractivity contribution is 6.33. The number of alkyl halides is 1. The molecule has 0 saturated carbocycles. The van der Waals surface area contributed by atoms with Crippen LogP contribution in [-0.4, -0.2) is 28.5 Å². The monoisotopic (exact) mass is 328 g/mol. The highest BCUT2D eigenvalue weighted by atomic mass is 35.5. The number of nitrogens with one attached hydrogen (secondary N) is 2. The summed E-state index contributed by atoms with van der Waals surface area (Å²) in [6.45, 7) is 1.11. The van der Waals surface area contributed by atoms with Crippen molar-refractivity contribution >= 4 is 23.7 Å². The number of hydrazone groups is 1. The number of hydrogen-bond donors (Lipinski definition) is 2. The highest BCUT2D eigenvalue weighted by Gasteiger charge is 2.28. The van der Waals surface area contributed by atoms with Gasteiger partial charge in [0, 0.05) is 25.2 Å². The number of aromatic nitrogens is 1. The minimum atomic E-state index is -0.448. The zero-order valence-corrected chi connectivity index (χ0v) is 13.3. The molecular weight excluding hydrogens is 312 g/mol. The summed E-state index contributed by atoms with van der Waals surface area (Å²) in [6, 6.07) is 11.5. The van der Waals surface area contributed by atoms with Crippen molar-refractivity contribution in [1.82, 2.24) is 15.7 Å². The first kappa shape index (κ1) is 15.5. The molecule has 3 rings (SSSR count). The normalized spacial score (nSPS) is 19.3. The maximum absolute atomic E-state index is 12.0. The summed E-state index contributed by atoms with van der Waals surface area (Å²) in [5.41, 5.74) is 5.61. The van der Waals surface area contributed by atoms with Gasteiger partial charge in [0.15, 0.2) is 0 Å². The van der Waals surface area contributed by atoms with E-state index in [0.29, 0.717) is 25.1 Å². The minimum Gasteiger partial charge on any atom is -0.348 e. The van der Waals surface area contributed by atoms with Crippen LogP contribution in [0.1, 0.15) is 21.5 Å². The summed E-state index contributed by atoms with van der Waals surface area (Å²) >= 11 is 6.44. The number of rotatable bonds is 5. The van der Waals surface area contributed by atoms with Gasteiger partial charge in [-0.15, -0.1) is 11.6 Å². The molecule has 1 aromatic carbocycles. The van der Waals surface area contributed by atoms with Crippen molar-refractivity contribution in [2.45, 2.75) is 17.8 Å². The van der Waals surface area contributed by atoms with Crippen molar-refractivity contribution in [3.63, 3.8) is 0 Å². The Labute approximate surface area is 139 Å². The first-order chi connectivity index (χ1) is 11.1. The Morgan fingerprint density at radius 3 is 2.70 bits per heavy atom. The molecule has 5 nitrogen and oxygen atoms in total. The molecule has 0 radical (unpaired) electrons. The lowest BCUT2D eigenvalue weighted by atomic mass is 9.99. The van der Waals surface area contributed by atoms with E-state index in [1.807, 2.05) is 24.3 Å². The quantitative estimate of drug-likeness (QED) is 0.826. The summed E-state index contributed by atoms with van der Waals surface area (Å²) in [7, 11) is 0. The highest BCUT2D eigenvalue weighted by Crippen LogP contribution is 2.21. The van der Waals surface area contributed by atoms with Crippen LogP contribution < -0.4 is 10.7 Å². The first-order valence-corrected chi connectivity index (χ1v) is 7.74. The topological polar surface area (TPSA) is 66.4 Å². The van der Waals surface area contributed by atoms with Gasteiger partial charge in [0.2, 0.25) is 0 Å². The molecule has 1 aliphatic rings. The van der Waals surface area contributed by atoms with Gasteiger partial charge < -0.3 is 10.7 Å². The van der Waals surface area contributed by atoms with Gasteiger partial charge in [-0.05, 0) is 29.7 Å². The van der Waals surface area contributed by atoms with Crippen molar-refractivity contribution < 1.29 is 4.79 Å². The molecule has 23 heavy (non-hydrogen) atoms. The molecule has 1 unspecified atom stereocenters. The lowest BCUT2D eigenvalue weighted by Gasteiger charge is -2.16. The second-order valence-electron chi connectivity index (χ2n) is 5.55. The van der Waals surface area contributed by atoms with Crippen LogP contribution in [0.4, 0.5) is 0 Å². The van der Waals surface area contributed by atoms with Crippen LogP contribution in [0.25, 0.3) is 0 Å². The molecular formula is C17H17ClN4O. The first-order valence-electron chi connectivity index (χ1n) is 7.37. The maximum atomic E-state index is 12.0. The fraction of sp³-hybridized carbons (Fsp3) is 0.235. The van der Waals surface area contributed by atoms with Crippen molar-refractivity contribution in [1.29, 1.82) is 0 Å². The number of amides is 1. The molecule has 0 fully saturated rings. The number of carbonyl (C=O) groups is 1. The van der Waals surface area contributed by atoms with Gasteiger partial charge in [0.25, 0.3) is 5.91 Å². The maximum Gasteiger partial charge on any atom is 0.253 e. The summed E-state index contributed by atoms with van der Waals surface area (Å²) in [6.07, 6.45) is 5.66. The smallest absolute Gasteiger partial charge is 0.253 e. The van der Waals surface area contributed by atoms with Gasteiger partial charge in [0.05, 0.1) is 12.1 Å². The average molecular weight is 329 g/mol. The zero-order chi connectivity index (χ0) is 16.1. The van der Waals surface area contributed by atoms with Crippen LogP contribution in [0, 0.1) is 0 Å². The third-order valence-corrected chi connectivity index (χ3v) is 4.02. The predicted octanol–water partition coefficient (Wildman–Crippen LogP) is 2.12. The molecule has 2 aromatic rings. The average Bonchev–Trinajstić information content (AvgIpc) is 3.01.